The summed E-state index contributed by atoms with van der Waals surface area (Å²) in [4.78, 5) is 12.4. The van der Waals surface area contributed by atoms with E-state index in [1.165, 1.54) is 12.1 Å². The van der Waals surface area contributed by atoms with Crippen LogP contribution in [0.4, 0.5) is 13.2 Å². The zero-order valence-electron chi connectivity index (χ0n) is 20.2. The number of rotatable bonds is 8. The summed E-state index contributed by atoms with van der Waals surface area (Å²) in [5.74, 6) is -0.677. The van der Waals surface area contributed by atoms with Crippen molar-refractivity contribution in [3.05, 3.63) is 29.8 Å². The van der Waals surface area contributed by atoms with Crippen molar-refractivity contribution in [2.45, 2.75) is 97.4 Å². The fourth-order valence-electron chi connectivity index (χ4n) is 3.42. The van der Waals surface area contributed by atoms with Crippen molar-refractivity contribution in [2.75, 3.05) is 0 Å². The highest BCUT2D eigenvalue weighted by Gasteiger charge is 2.52. The normalized spacial score (nSPS) is 20.0. The lowest BCUT2D eigenvalue weighted by Crippen LogP contribution is -2.46. The van der Waals surface area contributed by atoms with Crippen molar-refractivity contribution in [3.63, 3.8) is 0 Å². The van der Waals surface area contributed by atoms with Gasteiger partial charge in [0.2, 0.25) is 0 Å². The van der Waals surface area contributed by atoms with Crippen molar-refractivity contribution in [2.24, 2.45) is 5.92 Å². The Morgan fingerprint density at radius 1 is 1.03 bits per heavy atom. The number of benzene rings is 1. The van der Waals surface area contributed by atoms with Crippen molar-refractivity contribution < 1.29 is 32.0 Å². The summed E-state index contributed by atoms with van der Waals surface area (Å²) < 4.78 is 59.0. The third-order valence-corrected chi connectivity index (χ3v) is 5.83. The summed E-state index contributed by atoms with van der Waals surface area (Å²) in [6.45, 7) is 14.7. The Balaban J connectivity index is 2.26. The lowest BCUT2D eigenvalue weighted by atomic mass is 9.78. The molecule has 0 saturated carbocycles. The summed E-state index contributed by atoms with van der Waals surface area (Å²) >= 11 is 0. The van der Waals surface area contributed by atoms with Gasteiger partial charge in [0.05, 0.1) is 17.3 Å². The highest BCUT2D eigenvalue weighted by atomic mass is 19.4. The van der Waals surface area contributed by atoms with Gasteiger partial charge >= 0.3 is 19.3 Å². The molecular weight excluding hydrogens is 422 g/mol. The van der Waals surface area contributed by atoms with E-state index in [4.69, 9.17) is 14.0 Å². The number of nitrogens with one attached hydrogen (secondary N) is 1. The van der Waals surface area contributed by atoms with Gasteiger partial charge in [-0.25, -0.2) is 0 Å². The third-order valence-electron chi connectivity index (χ3n) is 5.83. The Morgan fingerprint density at radius 3 is 1.94 bits per heavy atom. The van der Waals surface area contributed by atoms with Crippen molar-refractivity contribution >= 4 is 18.6 Å². The van der Waals surface area contributed by atoms with Gasteiger partial charge in [0.15, 0.2) is 0 Å². The summed E-state index contributed by atoms with van der Waals surface area (Å²) in [5, 5.41) is 2.50. The molecule has 0 spiro atoms. The van der Waals surface area contributed by atoms with E-state index in [0.29, 0.717) is 5.46 Å². The minimum atomic E-state index is -4.60. The van der Waals surface area contributed by atoms with Crippen LogP contribution in [0.3, 0.4) is 0 Å². The largest absolute Gasteiger partial charge is 0.494 e. The molecule has 0 bridgehead atoms. The molecule has 1 saturated heterocycles. The molecule has 0 amide bonds. The summed E-state index contributed by atoms with van der Waals surface area (Å²) in [6.07, 6.45) is -4.79. The Hall–Kier alpha value is -1.58. The molecule has 1 aliphatic rings. The van der Waals surface area contributed by atoms with Gasteiger partial charge in [-0.2, -0.15) is 13.2 Å². The van der Waals surface area contributed by atoms with Crippen LogP contribution in [0.15, 0.2) is 24.3 Å². The molecular formula is C23H35BF3NO4. The van der Waals surface area contributed by atoms with Gasteiger partial charge < -0.3 is 14.0 Å². The van der Waals surface area contributed by atoms with Gasteiger partial charge in [-0.05, 0) is 64.9 Å². The number of esters is 1. The van der Waals surface area contributed by atoms with Crippen LogP contribution in [-0.2, 0) is 18.8 Å². The number of alkyl halides is 3. The topological polar surface area (TPSA) is 56.8 Å². The maximum atomic E-state index is 14.0. The minimum Gasteiger partial charge on any atom is -0.462 e. The molecule has 2 unspecified atom stereocenters. The predicted molar refractivity (Wildman–Crippen MR) is 119 cm³/mol. The molecule has 0 aromatic heterocycles. The second-order valence-electron chi connectivity index (χ2n) is 10.1. The van der Waals surface area contributed by atoms with Crippen LogP contribution in [0, 0.1) is 5.92 Å². The first-order valence-electron chi connectivity index (χ1n) is 11.0. The Kier molecular flexibility index (Phi) is 8.11. The van der Waals surface area contributed by atoms with E-state index in [0.717, 1.165) is 0 Å². The highest BCUT2D eigenvalue weighted by Crippen LogP contribution is 2.37. The van der Waals surface area contributed by atoms with Crippen LogP contribution >= 0.6 is 0 Å². The molecule has 1 aliphatic heterocycles. The van der Waals surface area contributed by atoms with E-state index in [1.54, 1.807) is 26.0 Å². The molecule has 2 rings (SSSR count). The van der Waals surface area contributed by atoms with Crippen molar-refractivity contribution in [1.82, 2.24) is 5.32 Å². The standard InChI is InChI=1S/C23H35BF3NO4/c1-14(2)13-18(20(29)30-15(3)4)28-19(23(25,26)27)16-9-11-17(12-10-16)24-31-21(5,6)22(7,8)32-24/h9-12,14-15,18-19,28H,13H2,1-8H3. The van der Waals surface area contributed by atoms with Crippen LogP contribution in [0.1, 0.15) is 73.4 Å². The zero-order valence-corrected chi connectivity index (χ0v) is 20.2. The summed E-state index contributed by atoms with van der Waals surface area (Å²) in [7, 11) is -0.666. The molecule has 180 valence electrons. The minimum absolute atomic E-state index is 0.00358. The van der Waals surface area contributed by atoms with Crippen molar-refractivity contribution in [1.29, 1.82) is 0 Å². The number of carbonyl (C=O) groups excluding carboxylic acids is 1. The zero-order chi connectivity index (χ0) is 24.5. The molecule has 32 heavy (non-hydrogen) atoms. The molecule has 2 atom stereocenters. The maximum absolute atomic E-state index is 14.0. The average Bonchev–Trinajstić information content (AvgIpc) is 2.84. The number of halogens is 3. The molecule has 1 aromatic rings. The lowest BCUT2D eigenvalue weighted by Gasteiger charge is -2.32. The Bertz CT molecular complexity index is 762. The molecule has 0 radical (unpaired) electrons. The molecule has 1 fully saturated rings. The molecule has 5 nitrogen and oxygen atoms in total. The predicted octanol–water partition coefficient (Wildman–Crippen LogP) is 4.55. The number of hydrogen-bond acceptors (Lipinski definition) is 5. The smallest absolute Gasteiger partial charge is 0.462 e. The van der Waals surface area contributed by atoms with Crippen LogP contribution in [0.5, 0.6) is 0 Å². The monoisotopic (exact) mass is 457 g/mol. The number of hydrogen-bond donors (Lipinski definition) is 1. The van der Waals surface area contributed by atoms with Crippen LogP contribution < -0.4 is 10.8 Å². The first-order valence-corrected chi connectivity index (χ1v) is 11.0. The maximum Gasteiger partial charge on any atom is 0.494 e. The highest BCUT2D eigenvalue weighted by molar-refractivity contribution is 6.62. The van der Waals surface area contributed by atoms with Gasteiger partial charge in [-0.15, -0.1) is 0 Å². The van der Waals surface area contributed by atoms with Crippen molar-refractivity contribution in [3.8, 4) is 0 Å². The Morgan fingerprint density at radius 2 is 1.53 bits per heavy atom. The van der Waals surface area contributed by atoms with E-state index in [2.05, 4.69) is 5.32 Å². The SMILES string of the molecule is CC(C)CC(NC(c1ccc(B2OC(C)(C)C(C)(C)O2)cc1)C(F)(F)F)C(=O)OC(C)C. The molecule has 9 heteroatoms. The first kappa shape index (κ1) is 26.7. The quantitative estimate of drug-likeness (QED) is 0.459. The van der Waals surface area contributed by atoms with Gasteiger partial charge in [-0.1, -0.05) is 38.1 Å². The molecule has 1 N–H and O–H groups in total. The molecule has 1 heterocycles. The fraction of sp³-hybridized carbons (Fsp3) is 0.696. The number of ether oxygens (including phenoxy) is 1. The van der Waals surface area contributed by atoms with Gasteiger partial charge in [0.25, 0.3) is 0 Å². The molecule has 1 aromatic carbocycles. The Labute approximate surface area is 189 Å². The molecule has 0 aliphatic carbocycles. The second kappa shape index (κ2) is 9.73. The summed E-state index contributed by atoms with van der Waals surface area (Å²) in [6, 6.07) is 2.84. The van der Waals surface area contributed by atoms with E-state index < -0.39 is 48.7 Å². The van der Waals surface area contributed by atoms with E-state index in [1.807, 2.05) is 41.5 Å². The van der Waals surface area contributed by atoms with Crippen LogP contribution in [-0.4, -0.2) is 42.6 Å². The third kappa shape index (κ3) is 6.48. The summed E-state index contributed by atoms with van der Waals surface area (Å²) in [5.41, 5.74) is -0.462. The fourth-order valence-corrected chi connectivity index (χ4v) is 3.42. The van der Waals surface area contributed by atoms with Crippen LogP contribution in [0.2, 0.25) is 0 Å². The van der Waals surface area contributed by atoms with E-state index >= 15 is 0 Å². The van der Waals surface area contributed by atoms with Gasteiger partial charge in [0.1, 0.15) is 12.1 Å². The van der Waals surface area contributed by atoms with Gasteiger partial charge in [0, 0.05) is 0 Å². The number of carbonyl (C=O) groups is 1. The van der Waals surface area contributed by atoms with Crippen LogP contribution in [0.25, 0.3) is 0 Å². The second-order valence-corrected chi connectivity index (χ2v) is 10.1. The lowest BCUT2D eigenvalue weighted by molar-refractivity contribution is -0.166. The van der Waals surface area contributed by atoms with Gasteiger partial charge in [-0.3, -0.25) is 10.1 Å². The first-order chi connectivity index (χ1) is 14.5. The average molecular weight is 457 g/mol. The van der Waals surface area contributed by atoms with E-state index in [9.17, 15) is 18.0 Å². The van der Waals surface area contributed by atoms with E-state index in [-0.39, 0.29) is 17.9 Å².